The van der Waals surface area contributed by atoms with Gasteiger partial charge in [-0.05, 0) is 19.1 Å². The second kappa shape index (κ2) is 7.12. The van der Waals surface area contributed by atoms with E-state index in [-0.39, 0.29) is 6.09 Å². The molecule has 0 aliphatic carbocycles. The summed E-state index contributed by atoms with van der Waals surface area (Å²) in [6, 6.07) is 6.89. The lowest BCUT2D eigenvalue weighted by Crippen LogP contribution is -2.48. The van der Waals surface area contributed by atoms with Gasteiger partial charge in [-0.15, -0.1) is 0 Å². The van der Waals surface area contributed by atoms with Gasteiger partial charge in [-0.2, -0.15) is 8.78 Å². The topological polar surface area (TPSA) is 50.6 Å². The molecule has 2 heterocycles. The maximum Gasteiger partial charge on any atom is 0.409 e. The normalized spacial score (nSPS) is 16.1. The quantitative estimate of drug-likeness (QED) is 0.860. The minimum absolute atomic E-state index is 0.322. The molecule has 3 rings (SSSR count). The zero-order valence-corrected chi connectivity index (χ0v) is 13.5. The highest BCUT2D eigenvalue weighted by Crippen LogP contribution is 2.24. The van der Waals surface area contributed by atoms with Gasteiger partial charge in [-0.1, -0.05) is 12.1 Å². The van der Waals surface area contributed by atoms with Crippen LogP contribution in [0.1, 0.15) is 19.3 Å². The van der Waals surface area contributed by atoms with E-state index < -0.39 is 6.55 Å². The number of hydrogen-bond donors (Lipinski definition) is 0. The highest BCUT2D eigenvalue weighted by Gasteiger charge is 2.24. The standard InChI is InChI=1S/C16H20F2N4O2/c1-2-24-16(23)21-9-7-20(8-10-21)11-14-19-12-5-3-4-6-13(12)22(14)15(17)18/h3-6,15H,2,7-11H2,1H3. The Labute approximate surface area is 138 Å². The van der Waals surface area contributed by atoms with E-state index in [4.69, 9.17) is 4.74 Å². The number of benzene rings is 1. The largest absolute Gasteiger partial charge is 0.450 e. The van der Waals surface area contributed by atoms with Crippen molar-refractivity contribution in [2.45, 2.75) is 20.0 Å². The molecule has 0 bridgehead atoms. The SMILES string of the molecule is CCOC(=O)N1CCN(Cc2nc3ccccc3n2C(F)F)CC1. The van der Waals surface area contributed by atoms with E-state index in [2.05, 4.69) is 4.98 Å². The molecule has 1 fully saturated rings. The Morgan fingerprint density at radius 2 is 1.96 bits per heavy atom. The lowest BCUT2D eigenvalue weighted by atomic mass is 10.3. The number of halogens is 2. The van der Waals surface area contributed by atoms with Crippen LogP contribution in [0.5, 0.6) is 0 Å². The maximum atomic E-state index is 13.4. The number of fused-ring (bicyclic) bond motifs is 1. The van der Waals surface area contributed by atoms with Crippen LogP contribution in [0.4, 0.5) is 13.6 Å². The Hall–Kier alpha value is -2.22. The summed E-state index contributed by atoms with van der Waals surface area (Å²) in [7, 11) is 0. The van der Waals surface area contributed by atoms with E-state index in [1.54, 1.807) is 36.1 Å². The van der Waals surface area contributed by atoms with Crippen molar-refractivity contribution in [3.05, 3.63) is 30.1 Å². The molecule has 1 aliphatic rings. The zero-order chi connectivity index (χ0) is 17.1. The van der Waals surface area contributed by atoms with Gasteiger partial charge in [0.25, 0.3) is 0 Å². The predicted molar refractivity (Wildman–Crippen MR) is 84.9 cm³/mol. The third-order valence-electron chi connectivity index (χ3n) is 4.13. The van der Waals surface area contributed by atoms with Crippen LogP contribution in [0.3, 0.4) is 0 Å². The van der Waals surface area contributed by atoms with Crippen LogP contribution in [-0.4, -0.2) is 58.2 Å². The fourth-order valence-corrected chi connectivity index (χ4v) is 2.93. The average Bonchev–Trinajstić information content (AvgIpc) is 2.93. The maximum absolute atomic E-state index is 13.4. The van der Waals surface area contributed by atoms with Crippen molar-refractivity contribution in [3.8, 4) is 0 Å². The van der Waals surface area contributed by atoms with Crippen LogP contribution >= 0.6 is 0 Å². The molecule has 1 amide bonds. The Kier molecular flexibility index (Phi) is 4.94. The van der Waals surface area contributed by atoms with E-state index >= 15 is 0 Å². The summed E-state index contributed by atoms with van der Waals surface area (Å²) >= 11 is 0. The van der Waals surface area contributed by atoms with Gasteiger partial charge in [0.15, 0.2) is 0 Å². The van der Waals surface area contributed by atoms with Gasteiger partial charge in [0.2, 0.25) is 0 Å². The first-order valence-electron chi connectivity index (χ1n) is 7.98. The van der Waals surface area contributed by atoms with E-state index in [0.29, 0.717) is 56.2 Å². The number of nitrogens with zero attached hydrogens (tertiary/aromatic N) is 4. The molecule has 1 saturated heterocycles. The molecule has 24 heavy (non-hydrogen) atoms. The van der Waals surface area contributed by atoms with Gasteiger partial charge in [-0.3, -0.25) is 9.47 Å². The van der Waals surface area contributed by atoms with Gasteiger partial charge in [0.05, 0.1) is 24.2 Å². The first-order valence-corrected chi connectivity index (χ1v) is 7.98. The number of carbonyl (C=O) groups is 1. The Bertz CT molecular complexity index is 711. The van der Waals surface area contributed by atoms with Crippen molar-refractivity contribution < 1.29 is 18.3 Å². The molecule has 130 valence electrons. The number of ether oxygens (including phenoxy) is 1. The molecule has 0 spiro atoms. The molecule has 0 unspecified atom stereocenters. The lowest BCUT2D eigenvalue weighted by molar-refractivity contribution is 0.0614. The van der Waals surface area contributed by atoms with Crippen molar-refractivity contribution >= 4 is 17.1 Å². The molecular weight excluding hydrogens is 318 g/mol. The first kappa shape index (κ1) is 16.6. The number of imidazole rings is 1. The Morgan fingerprint density at radius 3 is 2.62 bits per heavy atom. The molecule has 0 saturated carbocycles. The van der Waals surface area contributed by atoms with Crippen molar-refractivity contribution in [3.63, 3.8) is 0 Å². The predicted octanol–water partition coefficient (Wildman–Crippen LogP) is 2.71. The number of aromatic nitrogens is 2. The summed E-state index contributed by atoms with van der Waals surface area (Å²) in [6.45, 7) is 2.06. The fraction of sp³-hybridized carbons (Fsp3) is 0.500. The van der Waals surface area contributed by atoms with Gasteiger partial charge in [0, 0.05) is 26.2 Å². The fourth-order valence-electron chi connectivity index (χ4n) is 2.93. The number of rotatable bonds is 4. The van der Waals surface area contributed by atoms with E-state index in [0.717, 1.165) is 4.57 Å². The molecule has 1 aliphatic heterocycles. The van der Waals surface area contributed by atoms with Gasteiger partial charge >= 0.3 is 12.6 Å². The molecule has 8 heteroatoms. The summed E-state index contributed by atoms with van der Waals surface area (Å²) in [6.07, 6.45) is -0.322. The van der Waals surface area contributed by atoms with Crippen molar-refractivity contribution in [2.75, 3.05) is 32.8 Å². The molecule has 2 aromatic rings. The van der Waals surface area contributed by atoms with Crippen LogP contribution in [0.2, 0.25) is 0 Å². The van der Waals surface area contributed by atoms with E-state index in [1.807, 2.05) is 4.90 Å². The Balaban J connectivity index is 1.70. The second-order valence-electron chi connectivity index (χ2n) is 5.63. The molecule has 1 aromatic heterocycles. The number of para-hydroxylation sites is 2. The third kappa shape index (κ3) is 3.33. The molecule has 0 atom stereocenters. The van der Waals surface area contributed by atoms with Crippen molar-refractivity contribution in [1.29, 1.82) is 0 Å². The highest BCUT2D eigenvalue weighted by molar-refractivity contribution is 5.76. The monoisotopic (exact) mass is 338 g/mol. The van der Waals surface area contributed by atoms with Gasteiger partial charge < -0.3 is 9.64 Å². The molecule has 1 aromatic carbocycles. The number of piperazine rings is 1. The minimum atomic E-state index is -2.63. The van der Waals surface area contributed by atoms with E-state index in [1.165, 1.54) is 0 Å². The first-order chi connectivity index (χ1) is 11.6. The summed E-state index contributed by atoms with van der Waals surface area (Å²) in [5, 5.41) is 0. The smallest absolute Gasteiger partial charge is 0.409 e. The molecule has 0 radical (unpaired) electrons. The molecule has 6 nitrogen and oxygen atoms in total. The van der Waals surface area contributed by atoms with Crippen LogP contribution in [-0.2, 0) is 11.3 Å². The Morgan fingerprint density at radius 1 is 1.25 bits per heavy atom. The lowest BCUT2D eigenvalue weighted by Gasteiger charge is -2.33. The summed E-state index contributed by atoms with van der Waals surface area (Å²) in [5.74, 6) is 0.343. The number of alkyl halides is 2. The molecular formula is C16H20F2N4O2. The zero-order valence-electron chi connectivity index (χ0n) is 13.5. The van der Waals surface area contributed by atoms with Gasteiger partial charge in [0.1, 0.15) is 5.82 Å². The van der Waals surface area contributed by atoms with Crippen LogP contribution < -0.4 is 0 Å². The summed E-state index contributed by atoms with van der Waals surface area (Å²) in [5.41, 5.74) is 1.01. The molecule has 0 N–H and O–H groups in total. The summed E-state index contributed by atoms with van der Waals surface area (Å²) in [4.78, 5) is 19.7. The third-order valence-corrected chi connectivity index (χ3v) is 4.13. The second-order valence-corrected chi connectivity index (χ2v) is 5.63. The van der Waals surface area contributed by atoms with Crippen LogP contribution in [0.15, 0.2) is 24.3 Å². The number of carbonyl (C=O) groups excluding carboxylic acids is 1. The highest BCUT2D eigenvalue weighted by atomic mass is 19.3. The van der Waals surface area contributed by atoms with Crippen LogP contribution in [0.25, 0.3) is 11.0 Å². The van der Waals surface area contributed by atoms with Crippen LogP contribution in [0, 0.1) is 0 Å². The van der Waals surface area contributed by atoms with E-state index in [9.17, 15) is 13.6 Å². The average molecular weight is 338 g/mol. The number of amides is 1. The minimum Gasteiger partial charge on any atom is -0.450 e. The number of hydrogen-bond acceptors (Lipinski definition) is 4. The van der Waals surface area contributed by atoms with Crippen molar-refractivity contribution in [1.82, 2.24) is 19.4 Å². The van der Waals surface area contributed by atoms with Gasteiger partial charge in [-0.25, -0.2) is 9.78 Å². The summed E-state index contributed by atoms with van der Waals surface area (Å²) < 4.78 is 32.8. The van der Waals surface area contributed by atoms with Crippen molar-refractivity contribution in [2.24, 2.45) is 0 Å².